The van der Waals surface area contributed by atoms with Crippen LogP contribution in [0.4, 0.5) is 0 Å². The van der Waals surface area contributed by atoms with Crippen molar-refractivity contribution in [1.29, 1.82) is 0 Å². The highest BCUT2D eigenvalue weighted by Crippen LogP contribution is 2.42. The van der Waals surface area contributed by atoms with E-state index in [0.29, 0.717) is 12.0 Å². The van der Waals surface area contributed by atoms with E-state index >= 15 is 0 Å². The van der Waals surface area contributed by atoms with Crippen molar-refractivity contribution in [3.05, 3.63) is 43.0 Å². The van der Waals surface area contributed by atoms with Gasteiger partial charge in [-0.15, -0.1) is 11.8 Å². The number of rotatable bonds is 3. The first-order valence-electron chi connectivity index (χ1n) is 5.69. The first kappa shape index (κ1) is 13.7. The first-order valence-corrected chi connectivity index (χ1v) is 6.63. The molecule has 3 atom stereocenters. The molecule has 1 fully saturated rings. The van der Waals surface area contributed by atoms with E-state index in [4.69, 9.17) is 5.53 Å². The van der Waals surface area contributed by atoms with Crippen molar-refractivity contribution in [3.8, 4) is 0 Å². The predicted molar refractivity (Wildman–Crippen MR) is 71.1 cm³/mol. The summed E-state index contributed by atoms with van der Waals surface area (Å²) in [5.74, 6) is 0. The molecular weight excluding hydrogens is 270 g/mol. The standard InChI is InChI=1S/C10H13N5O3S/c1-5-3-15(10(18)12-8(5)17)9-7(13-14-11)2-6(4-16)19-9/h3,6-7,9,16H,2,4H2,1H3,(H,12,17,18)/t6-,7?,9-/m1/s1. The van der Waals surface area contributed by atoms with Gasteiger partial charge in [-0.05, 0) is 18.9 Å². The smallest absolute Gasteiger partial charge is 0.329 e. The van der Waals surface area contributed by atoms with Crippen LogP contribution in [0.25, 0.3) is 10.4 Å². The summed E-state index contributed by atoms with van der Waals surface area (Å²) >= 11 is 1.37. The van der Waals surface area contributed by atoms with E-state index < -0.39 is 22.7 Å². The summed E-state index contributed by atoms with van der Waals surface area (Å²) in [7, 11) is 0. The molecule has 0 amide bonds. The minimum Gasteiger partial charge on any atom is -0.395 e. The summed E-state index contributed by atoms with van der Waals surface area (Å²) in [4.78, 5) is 28.2. The molecule has 102 valence electrons. The van der Waals surface area contributed by atoms with Gasteiger partial charge < -0.3 is 5.11 Å². The maximum absolute atomic E-state index is 11.8. The Morgan fingerprint density at radius 1 is 1.68 bits per heavy atom. The van der Waals surface area contributed by atoms with Crippen molar-refractivity contribution >= 4 is 11.8 Å². The maximum Gasteiger partial charge on any atom is 0.329 e. The second-order valence-corrected chi connectivity index (χ2v) is 5.74. The first-order chi connectivity index (χ1) is 9.06. The molecule has 8 nitrogen and oxygen atoms in total. The van der Waals surface area contributed by atoms with E-state index in [1.165, 1.54) is 22.5 Å². The van der Waals surface area contributed by atoms with E-state index in [1.54, 1.807) is 6.92 Å². The van der Waals surface area contributed by atoms with Gasteiger partial charge in [-0.25, -0.2) is 4.79 Å². The molecule has 0 aliphatic carbocycles. The number of aliphatic hydroxyl groups is 1. The summed E-state index contributed by atoms with van der Waals surface area (Å²) in [6.45, 7) is 1.55. The molecule has 0 radical (unpaired) electrons. The Bertz CT molecular complexity index is 633. The maximum atomic E-state index is 11.8. The fourth-order valence-electron chi connectivity index (χ4n) is 2.04. The topological polar surface area (TPSA) is 124 Å². The number of aromatic nitrogens is 2. The average molecular weight is 283 g/mol. The zero-order valence-corrected chi connectivity index (χ0v) is 11.0. The van der Waals surface area contributed by atoms with Crippen LogP contribution < -0.4 is 11.2 Å². The Hall–Kier alpha value is -1.70. The van der Waals surface area contributed by atoms with E-state index in [9.17, 15) is 14.7 Å². The van der Waals surface area contributed by atoms with Crippen LogP contribution >= 0.6 is 11.8 Å². The number of aromatic amines is 1. The third-order valence-electron chi connectivity index (χ3n) is 2.99. The van der Waals surface area contributed by atoms with Crippen molar-refractivity contribution < 1.29 is 5.11 Å². The number of aliphatic hydroxyl groups excluding tert-OH is 1. The van der Waals surface area contributed by atoms with Crippen LogP contribution in [0.2, 0.25) is 0 Å². The number of nitrogens with one attached hydrogen (secondary N) is 1. The molecular formula is C10H13N5O3S. The van der Waals surface area contributed by atoms with Crippen LogP contribution in [0.5, 0.6) is 0 Å². The molecule has 2 rings (SSSR count). The lowest BCUT2D eigenvalue weighted by Gasteiger charge is -2.17. The zero-order chi connectivity index (χ0) is 14.0. The van der Waals surface area contributed by atoms with Crippen LogP contribution in [-0.4, -0.2) is 32.6 Å². The van der Waals surface area contributed by atoms with Gasteiger partial charge in [0.1, 0.15) is 0 Å². The zero-order valence-electron chi connectivity index (χ0n) is 10.2. The van der Waals surface area contributed by atoms with E-state index in [1.807, 2.05) is 0 Å². The number of hydrogen-bond acceptors (Lipinski definition) is 5. The Morgan fingerprint density at radius 3 is 3.05 bits per heavy atom. The normalized spacial score (nSPS) is 26.1. The minimum absolute atomic E-state index is 0.0459. The quantitative estimate of drug-likeness (QED) is 0.476. The highest BCUT2D eigenvalue weighted by molar-refractivity contribution is 8.00. The van der Waals surface area contributed by atoms with Crippen LogP contribution in [-0.2, 0) is 0 Å². The molecule has 0 saturated carbocycles. The van der Waals surface area contributed by atoms with Crippen molar-refractivity contribution in [2.75, 3.05) is 6.61 Å². The lowest BCUT2D eigenvalue weighted by Crippen LogP contribution is -2.34. The van der Waals surface area contributed by atoms with E-state index in [0.717, 1.165) is 0 Å². The summed E-state index contributed by atoms with van der Waals surface area (Å²) in [6.07, 6.45) is 1.96. The molecule has 0 aromatic carbocycles. The monoisotopic (exact) mass is 283 g/mol. The Balaban J connectivity index is 2.44. The lowest BCUT2D eigenvalue weighted by atomic mass is 10.1. The van der Waals surface area contributed by atoms with E-state index in [-0.39, 0.29) is 11.9 Å². The van der Waals surface area contributed by atoms with Gasteiger partial charge >= 0.3 is 5.69 Å². The highest BCUT2D eigenvalue weighted by atomic mass is 32.2. The molecule has 1 unspecified atom stereocenters. The molecule has 9 heteroatoms. The van der Waals surface area contributed by atoms with Gasteiger partial charge in [0.05, 0.1) is 18.0 Å². The Labute approximate surface area is 112 Å². The molecule has 2 heterocycles. The van der Waals surface area contributed by atoms with Gasteiger partial charge in [0, 0.05) is 21.9 Å². The van der Waals surface area contributed by atoms with Crippen molar-refractivity contribution in [1.82, 2.24) is 9.55 Å². The molecule has 19 heavy (non-hydrogen) atoms. The Morgan fingerprint density at radius 2 is 2.42 bits per heavy atom. The molecule has 1 aromatic heterocycles. The largest absolute Gasteiger partial charge is 0.395 e. The summed E-state index contributed by atoms with van der Waals surface area (Å²) < 4.78 is 1.36. The number of nitrogens with zero attached hydrogens (tertiary/aromatic N) is 4. The average Bonchev–Trinajstić information content (AvgIpc) is 2.77. The summed E-state index contributed by atoms with van der Waals surface area (Å²) in [5, 5.41) is 12.4. The third-order valence-corrected chi connectivity index (χ3v) is 4.54. The SMILES string of the molecule is Cc1cn([C@@H]2S[C@@H](CO)CC2N=[N+]=[N-])c(=O)[nH]c1=O. The molecule has 1 aliphatic rings. The van der Waals surface area contributed by atoms with E-state index in [2.05, 4.69) is 15.0 Å². The molecule has 2 N–H and O–H groups in total. The van der Waals surface area contributed by atoms with Crippen molar-refractivity contribution in [2.45, 2.75) is 30.0 Å². The van der Waals surface area contributed by atoms with Gasteiger partial charge in [-0.1, -0.05) is 5.11 Å². The van der Waals surface area contributed by atoms with Crippen LogP contribution in [0.15, 0.2) is 20.9 Å². The van der Waals surface area contributed by atoms with Gasteiger partial charge in [0.25, 0.3) is 5.56 Å². The summed E-state index contributed by atoms with van der Waals surface area (Å²) in [6, 6.07) is -0.421. The number of H-pyrrole nitrogens is 1. The fourth-order valence-corrected chi connectivity index (χ4v) is 3.47. The van der Waals surface area contributed by atoms with Crippen LogP contribution in [0, 0.1) is 6.92 Å². The minimum atomic E-state index is -0.537. The molecule has 1 aliphatic heterocycles. The second kappa shape index (κ2) is 5.52. The van der Waals surface area contributed by atoms with Gasteiger partial charge in [-0.3, -0.25) is 14.3 Å². The fraction of sp³-hybridized carbons (Fsp3) is 0.600. The predicted octanol–water partition coefficient (Wildman–Crippen LogP) is 0.520. The highest BCUT2D eigenvalue weighted by Gasteiger charge is 2.36. The Kier molecular flexibility index (Phi) is 3.98. The number of azide groups is 1. The van der Waals surface area contributed by atoms with Crippen molar-refractivity contribution in [2.24, 2.45) is 5.11 Å². The summed E-state index contributed by atoms with van der Waals surface area (Å²) in [5.41, 5.74) is 8.00. The number of thioether (sulfide) groups is 1. The molecule has 0 bridgehead atoms. The lowest BCUT2D eigenvalue weighted by molar-refractivity contribution is 0.289. The third kappa shape index (κ3) is 2.67. The second-order valence-electron chi connectivity index (χ2n) is 4.32. The van der Waals surface area contributed by atoms with Crippen molar-refractivity contribution in [3.63, 3.8) is 0 Å². The van der Waals surface area contributed by atoms with Gasteiger partial charge in [-0.2, -0.15) is 0 Å². The molecule has 0 spiro atoms. The van der Waals surface area contributed by atoms with Crippen LogP contribution in [0.3, 0.4) is 0 Å². The molecule has 1 aromatic rings. The van der Waals surface area contributed by atoms with Gasteiger partial charge in [0.15, 0.2) is 0 Å². The number of hydrogen-bond donors (Lipinski definition) is 2. The molecule has 1 saturated heterocycles. The number of aryl methyl sites for hydroxylation is 1. The van der Waals surface area contributed by atoms with Crippen LogP contribution in [0.1, 0.15) is 17.4 Å². The van der Waals surface area contributed by atoms with Gasteiger partial charge in [0.2, 0.25) is 0 Å².